The number of ketones is 1. The predicted molar refractivity (Wildman–Crippen MR) is 125 cm³/mol. The highest BCUT2D eigenvalue weighted by Gasteiger charge is 2.47. The van der Waals surface area contributed by atoms with Gasteiger partial charge in [0.15, 0.2) is 23.1 Å². The number of carbonyl (C=O) groups excluding carboxylic acids is 2. The summed E-state index contributed by atoms with van der Waals surface area (Å²) in [5.41, 5.74) is -0.189. The molecule has 0 spiro atoms. The van der Waals surface area contributed by atoms with E-state index >= 15 is 0 Å². The highest BCUT2D eigenvalue weighted by Crippen LogP contribution is 2.45. The quantitative estimate of drug-likeness (QED) is 0.297. The van der Waals surface area contributed by atoms with Crippen LogP contribution < -0.4 is 19.1 Å². The first-order chi connectivity index (χ1) is 17.2. The van der Waals surface area contributed by atoms with Crippen molar-refractivity contribution in [3.63, 3.8) is 0 Å². The zero-order chi connectivity index (χ0) is 26.1. The van der Waals surface area contributed by atoms with Crippen LogP contribution in [0.25, 0.3) is 5.76 Å². The maximum Gasteiger partial charge on any atom is 0.300 e. The van der Waals surface area contributed by atoms with Crippen LogP contribution in [0.5, 0.6) is 23.0 Å². The van der Waals surface area contributed by atoms with Crippen molar-refractivity contribution in [3.05, 3.63) is 82.9 Å². The highest BCUT2D eigenvalue weighted by atomic mass is 19.2. The number of benzene rings is 3. The van der Waals surface area contributed by atoms with E-state index in [-0.39, 0.29) is 39.6 Å². The fraction of sp³-hybridized carbons (Fsp3) is 0.154. The first kappa shape index (κ1) is 24.5. The molecule has 10 heteroatoms. The Morgan fingerprint density at radius 2 is 1.58 bits per heavy atom. The molecule has 1 atom stereocenters. The Bertz CT molecular complexity index is 1400. The number of carbonyl (C=O) groups is 2. The monoisotopic (exact) mass is 497 g/mol. The van der Waals surface area contributed by atoms with Crippen molar-refractivity contribution in [2.75, 3.05) is 26.2 Å². The Hall–Kier alpha value is -4.60. The molecule has 1 heterocycles. The van der Waals surface area contributed by atoms with Gasteiger partial charge in [0.05, 0.1) is 38.5 Å². The van der Waals surface area contributed by atoms with E-state index in [4.69, 9.17) is 14.2 Å². The van der Waals surface area contributed by atoms with Crippen molar-refractivity contribution in [3.8, 4) is 23.0 Å². The molecule has 2 N–H and O–H groups in total. The molecule has 186 valence electrons. The molecule has 1 saturated heterocycles. The number of amides is 1. The smallest absolute Gasteiger partial charge is 0.300 e. The first-order valence-corrected chi connectivity index (χ1v) is 10.6. The van der Waals surface area contributed by atoms with Gasteiger partial charge in [0.25, 0.3) is 11.7 Å². The van der Waals surface area contributed by atoms with E-state index in [0.29, 0.717) is 5.75 Å². The van der Waals surface area contributed by atoms with E-state index < -0.39 is 35.1 Å². The average Bonchev–Trinajstić information content (AvgIpc) is 3.15. The van der Waals surface area contributed by atoms with Gasteiger partial charge in [-0.3, -0.25) is 14.5 Å². The fourth-order valence-electron chi connectivity index (χ4n) is 4.07. The van der Waals surface area contributed by atoms with Crippen LogP contribution >= 0.6 is 0 Å². The second kappa shape index (κ2) is 9.57. The van der Waals surface area contributed by atoms with E-state index in [2.05, 4.69) is 0 Å². The number of aromatic hydroxyl groups is 1. The van der Waals surface area contributed by atoms with E-state index in [1.165, 1.54) is 57.7 Å². The van der Waals surface area contributed by atoms with E-state index in [1.807, 2.05) is 0 Å². The van der Waals surface area contributed by atoms with Crippen LogP contribution in [0.4, 0.5) is 14.5 Å². The molecule has 0 radical (unpaired) electrons. The van der Waals surface area contributed by atoms with Gasteiger partial charge < -0.3 is 24.4 Å². The van der Waals surface area contributed by atoms with Crippen molar-refractivity contribution in [2.24, 2.45) is 0 Å². The van der Waals surface area contributed by atoms with Crippen LogP contribution in [0.1, 0.15) is 17.2 Å². The minimum absolute atomic E-state index is 0.0873. The molecule has 1 amide bonds. The van der Waals surface area contributed by atoms with Gasteiger partial charge in [0, 0.05) is 17.8 Å². The summed E-state index contributed by atoms with van der Waals surface area (Å²) in [6, 6.07) is 9.99. The van der Waals surface area contributed by atoms with Crippen LogP contribution in [0.2, 0.25) is 0 Å². The lowest BCUT2D eigenvalue weighted by molar-refractivity contribution is -0.132. The lowest BCUT2D eigenvalue weighted by atomic mass is 9.94. The summed E-state index contributed by atoms with van der Waals surface area (Å²) in [5, 5.41) is 21.7. The van der Waals surface area contributed by atoms with Gasteiger partial charge in [0.2, 0.25) is 0 Å². The summed E-state index contributed by atoms with van der Waals surface area (Å²) >= 11 is 0. The number of aliphatic hydroxyl groups is 1. The van der Waals surface area contributed by atoms with Crippen molar-refractivity contribution >= 4 is 23.1 Å². The fourth-order valence-corrected chi connectivity index (χ4v) is 4.07. The van der Waals surface area contributed by atoms with E-state index in [1.54, 1.807) is 0 Å². The van der Waals surface area contributed by atoms with Crippen LogP contribution in [0.15, 0.2) is 60.2 Å². The number of hydrogen-bond acceptors (Lipinski definition) is 7. The Balaban J connectivity index is 1.99. The molecule has 3 aromatic carbocycles. The minimum Gasteiger partial charge on any atom is -0.507 e. The maximum absolute atomic E-state index is 14.1. The standard InChI is InChI=1S/C26H21F2NO7/c1-34-15-6-7-16(21(12-15)36-3)24(31)22-23(13-4-9-20(35-2)19(30)10-13)29(26(33)25(22)32)14-5-8-17(27)18(28)11-14/h4-12,23,30-31H,1-3H3/b24-22-. The molecule has 1 aliphatic rings. The second-order valence-corrected chi connectivity index (χ2v) is 7.77. The molecular weight excluding hydrogens is 476 g/mol. The number of aliphatic hydroxyl groups excluding tert-OH is 1. The molecule has 4 rings (SSSR count). The molecule has 1 aliphatic heterocycles. The summed E-state index contributed by atoms with van der Waals surface area (Å²) in [4.78, 5) is 27.3. The van der Waals surface area contributed by atoms with Gasteiger partial charge in [-0.05, 0) is 42.0 Å². The molecule has 36 heavy (non-hydrogen) atoms. The van der Waals surface area contributed by atoms with Crippen molar-refractivity contribution in [1.82, 2.24) is 0 Å². The number of ether oxygens (including phenoxy) is 3. The lowest BCUT2D eigenvalue weighted by Crippen LogP contribution is -2.29. The molecule has 0 aliphatic carbocycles. The molecular formula is C26H21F2NO7. The summed E-state index contributed by atoms with van der Waals surface area (Å²) in [6.07, 6.45) is 0. The summed E-state index contributed by atoms with van der Waals surface area (Å²) in [6.45, 7) is 0. The minimum atomic E-state index is -1.31. The SMILES string of the molecule is COc1ccc(/C(O)=C2/C(=O)C(=O)N(c3ccc(F)c(F)c3)C2c2ccc(OC)c(O)c2)c(OC)c1. The second-order valence-electron chi connectivity index (χ2n) is 7.77. The number of methoxy groups -OCH3 is 3. The van der Waals surface area contributed by atoms with Crippen molar-refractivity contribution in [2.45, 2.75) is 6.04 Å². The zero-order valence-corrected chi connectivity index (χ0v) is 19.4. The van der Waals surface area contributed by atoms with Gasteiger partial charge in [-0.2, -0.15) is 0 Å². The number of nitrogens with zero attached hydrogens (tertiary/aromatic N) is 1. The number of phenols is 1. The Morgan fingerprint density at radius 1 is 0.861 bits per heavy atom. The largest absolute Gasteiger partial charge is 0.507 e. The summed E-state index contributed by atoms with van der Waals surface area (Å²) in [5.74, 6) is -4.71. The molecule has 3 aromatic rings. The Labute approximate surface area is 204 Å². The first-order valence-electron chi connectivity index (χ1n) is 10.6. The Morgan fingerprint density at radius 3 is 2.19 bits per heavy atom. The number of hydrogen-bond donors (Lipinski definition) is 2. The number of phenolic OH excluding ortho intramolecular Hbond substituents is 1. The van der Waals surface area contributed by atoms with Crippen LogP contribution in [0.3, 0.4) is 0 Å². The molecule has 0 aromatic heterocycles. The van der Waals surface area contributed by atoms with Gasteiger partial charge in [-0.1, -0.05) is 6.07 Å². The highest BCUT2D eigenvalue weighted by molar-refractivity contribution is 6.51. The van der Waals surface area contributed by atoms with Crippen molar-refractivity contribution in [1.29, 1.82) is 0 Å². The summed E-state index contributed by atoms with van der Waals surface area (Å²) < 4.78 is 43.3. The Kier molecular flexibility index (Phi) is 6.52. The third kappa shape index (κ3) is 4.06. The van der Waals surface area contributed by atoms with Crippen LogP contribution in [-0.2, 0) is 9.59 Å². The number of Topliss-reactive ketones (excluding diaryl/α,β-unsaturated/α-hetero) is 1. The molecule has 0 bridgehead atoms. The zero-order valence-electron chi connectivity index (χ0n) is 19.4. The van der Waals surface area contributed by atoms with Crippen LogP contribution in [0, 0.1) is 11.6 Å². The van der Waals surface area contributed by atoms with E-state index in [9.17, 15) is 28.6 Å². The average molecular weight is 497 g/mol. The van der Waals surface area contributed by atoms with Gasteiger partial charge >= 0.3 is 0 Å². The molecule has 1 unspecified atom stereocenters. The number of anilines is 1. The van der Waals surface area contributed by atoms with Crippen molar-refractivity contribution < 1.29 is 42.8 Å². The van der Waals surface area contributed by atoms with Gasteiger partial charge in [-0.15, -0.1) is 0 Å². The molecule has 8 nitrogen and oxygen atoms in total. The topological polar surface area (TPSA) is 106 Å². The predicted octanol–water partition coefficient (Wildman–Crippen LogP) is 4.32. The maximum atomic E-state index is 14.1. The molecule has 1 fully saturated rings. The normalized spacial score (nSPS) is 16.8. The third-order valence-corrected chi connectivity index (χ3v) is 5.81. The third-order valence-electron chi connectivity index (χ3n) is 5.81. The van der Waals surface area contributed by atoms with E-state index in [0.717, 1.165) is 23.1 Å². The van der Waals surface area contributed by atoms with Crippen LogP contribution in [-0.4, -0.2) is 43.2 Å². The van der Waals surface area contributed by atoms with Gasteiger partial charge in [0.1, 0.15) is 17.3 Å². The number of rotatable bonds is 6. The lowest BCUT2D eigenvalue weighted by Gasteiger charge is -2.26. The molecule has 0 saturated carbocycles. The summed E-state index contributed by atoms with van der Waals surface area (Å²) in [7, 11) is 4.14. The van der Waals surface area contributed by atoms with Gasteiger partial charge in [-0.25, -0.2) is 8.78 Å². The number of halogens is 2.